The van der Waals surface area contributed by atoms with E-state index < -0.39 is 0 Å². The van der Waals surface area contributed by atoms with E-state index >= 15 is 0 Å². The monoisotopic (exact) mass is 385 g/mol. The highest BCUT2D eigenvalue weighted by Crippen LogP contribution is 2.27. The van der Waals surface area contributed by atoms with Gasteiger partial charge in [0.1, 0.15) is 17.2 Å². The Morgan fingerprint density at radius 3 is 2.71 bits per heavy atom. The van der Waals surface area contributed by atoms with Gasteiger partial charge in [-0.2, -0.15) is 0 Å². The highest BCUT2D eigenvalue weighted by Gasteiger charge is 2.29. The molecule has 0 saturated carbocycles. The van der Waals surface area contributed by atoms with Crippen LogP contribution in [-0.4, -0.2) is 54.4 Å². The van der Waals surface area contributed by atoms with Gasteiger partial charge in [0.2, 0.25) is 0 Å². The van der Waals surface area contributed by atoms with Gasteiger partial charge in [0.25, 0.3) is 5.91 Å². The van der Waals surface area contributed by atoms with E-state index in [2.05, 4.69) is 15.2 Å². The molecule has 2 N–H and O–H groups in total. The van der Waals surface area contributed by atoms with E-state index in [1.807, 2.05) is 26.0 Å². The number of nitrogens with one attached hydrogen (secondary N) is 2. The molecule has 3 heterocycles. The van der Waals surface area contributed by atoms with Crippen LogP contribution in [0, 0.1) is 13.8 Å². The first-order valence-electron chi connectivity index (χ1n) is 9.95. The lowest BCUT2D eigenvalue weighted by Gasteiger charge is -2.33. The zero-order valence-electron chi connectivity index (χ0n) is 16.5. The molecule has 1 fully saturated rings. The van der Waals surface area contributed by atoms with E-state index in [0.717, 1.165) is 48.7 Å². The molecule has 4 rings (SSSR count). The fourth-order valence-corrected chi connectivity index (χ4v) is 4.21. The number of rotatable bonds is 5. The molecule has 0 radical (unpaired) electrons. The molecule has 1 atom stereocenters. The zero-order valence-corrected chi connectivity index (χ0v) is 16.5. The average Bonchev–Trinajstić information content (AvgIpc) is 3.27. The molecule has 0 spiro atoms. The van der Waals surface area contributed by atoms with Crippen molar-refractivity contribution >= 4 is 11.7 Å². The summed E-state index contributed by atoms with van der Waals surface area (Å²) in [6.45, 7) is 7.15. The van der Waals surface area contributed by atoms with E-state index in [0.29, 0.717) is 37.4 Å². The van der Waals surface area contributed by atoms with Gasteiger partial charge in [-0.15, -0.1) is 0 Å². The number of aryl methyl sites for hydroxylation is 2. The number of aromatic nitrogens is 1. The number of H-pyrrole nitrogens is 1. The topological polar surface area (TPSA) is 87.6 Å². The molecule has 1 aliphatic carbocycles. The number of fused-ring (bicyclic) bond motifs is 1. The number of hydrogen-bond donors (Lipinski definition) is 2. The van der Waals surface area contributed by atoms with Crippen molar-refractivity contribution in [1.29, 1.82) is 0 Å². The van der Waals surface area contributed by atoms with Crippen LogP contribution in [0.25, 0.3) is 0 Å². The SMILES string of the molecule is Cc1ccc(C(CNC(=O)c2[nH]c3c(c2C)C(=O)CCC3)N2CCOCC2)o1. The number of amides is 1. The maximum atomic E-state index is 12.9. The molecule has 1 amide bonds. The Kier molecular flexibility index (Phi) is 5.37. The molecule has 7 heteroatoms. The van der Waals surface area contributed by atoms with Crippen molar-refractivity contribution in [3.8, 4) is 0 Å². The molecular formula is C21H27N3O4. The fraction of sp³-hybridized carbons (Fsp3) is 0.524. The van der Waals surface area contributed by atoms with E-state index in [1.54, 1.807) is 0 Å². The summed E-state index contributed by atoms with van der Waals surface area (Å²) in [5.41, 5.74) is 2.86. The number of nitrogens with zero attached hydrogens (tertiary/aromatic N) is 1. The molecule has 7 nitrogen and oxygen atoms in total. The summed E-state index contributed by atoms with van der Waals surface area (Å²) in [7, 11) is 0. The number of carbonyl (C=O) groups is 2. The van der Waals surface area contributed by atoms with E-state index in [9.17, 15) is 9.59 Å². The van der Waals surface area contributed by atoms with Crippen LogP contribution < -0.4 is 5.32 Å². The van der Waals surface area contributed by atoms with Crippen molar-refractivity contribution in [3.05, 3.63) is 46.2 Å². The van der Waals surface area contributed by atoms with Crippen LogP contribution in [0.15, 0.2) is 16.5 Å². The van der Waals surface area contributed by atoms with Gasteiger partial charge >= 0.3 is 0 Å². The summed E-state index contributed by atoms with van der Waals surface area (Å²) >= 11 is 0. The van der Waals surface area contributed by atoms with Gasteiger partial charge in [-0.1, -0.05) is 0 Å². The summed E-state index contributed by atoms with van der Waals surface area (Å²) in [4.78, 5) is 30.6. The van der Waals surface area contributed by atoms with E-state index in [4.69, 9.17) is 9.15 Å². The molecule has 0 bridgehead atoms. The van der Waals surface area contributed by atoms with Crippen LogP contribution in [0.1, 0.15) is 62.5 Å². The second-order valence-corrected chi connectivity index (χ2v) is 7.58. The minimum atomic E-state index is -0.179. The highest BCUT2D eigenvalue weighted by atomic mass is 16.5. The van der Waals surface area contributed by atoms with Crippen molar-refractivity contribution in [2.45, 2.75) is 39.2 Å². The number of ether oxygens (including phenoxy) is 1. The van der Waals surface area contributed by atoms with E-state index in [-0.39, 0.29) is 17.7 Å². The molecule has 1 unspecified atom stereocenters. The number of Topliss-reactive ketones (excluding diaryl/α,β-unsaturated/α-hetero) is 1. The van der Waals surface area contributed by atoms with Gasteiger partial charge in [-0.25, -0.2) is 0 Å². The van der Waals surface area contributed by atoms with Gasteiger partial charge in [0.05, 0.1) is 19.3 Å². The van der Waals surface area contributed by atoms with Crippen molar-refractivity contribution in [2.24, 2.45) is 0 Å². The first-order valence-corrected chi connectivity index (χ1v) is 9.95. The smallest absolute Gasteiger partial charge is 0.268 e. The van der Waals surface area contributed by atoms with E-state index in [1.165, 1.54) is 0 Å². The lowest BCUT2D eigenvalue weighted by molar-refractivity contribution is 0.0117. The minimum absolute atomic E-state index is 0.0481. The zero-order chi connectivity index (χ0) is 19.7. The summed E-state index contributed by atoms with van der Waals surface area (Å²) in [6, 6.07) is 3.87. The average molecular weight is 385 g/mol. The number of morpholine rings is 1. The molecule has 1 aliphatic heterocycles. The van der Waals surface area contributed by atoms with Gasteiger partial charge in [0, 0.05) is 37.3 Å². The lowest BCUT2D eigenvalue weighted by Crippen LogP contribution is -2.43. The van der Waals surface area contributed by atoms with Crippen molar-refractivity contribution in [1.82, 2.24) is 15.2 Å². The molecule has 2 aromatic heterocycles. The molecule has 0 aromatic carbocycles. The third-order valence-electron chi connectivity index (χ3n) is 5.70. The van der Waals surface area contributed by atoms with Crippen LogP contribution in [0.3, 0.4) is 0 Å². The number of hydrogen-bond acceptors (Lipinski definition) is 5. The summed E-state index contributed by atoms with van der Waals surface area (Å²) < 4.78 is 11.3. The second kappa shape index (κ2) is 7.93. The summed E-state index contributed by atoms with van der Waals surface area (Å²) in [5, 5.41) is 3.04. The van der Waals surface area contributed by atoms with Crippen molar-refractivity contribution < 1.29 is 18.7 Å². The molecule has 28 heavy (non-hydrogen) atoms. The Hall–Kier alpha value is -2.38. The van der Waals surface area contributed by atoms with Gasteiger partial charge < -0.3 is 19.5 Å². The molecule has 150 valence electrons. The first kappa shape index (κ1) is 19.0. The number of aromatic amines is 1. The van der Waals surface area contributed by atoms with Crippen molar-refractivity contribution in [3.63, 3.8) is 0 Å². The number of ketones is 1. The molecule has 1 saturated heterocycles. The predicted octanol–water partition coefficient (Wildman–Crippen LogP) is 2.55. The minimum Gasteiger partial charge on any atom is -0.465 e. The second-order valence-electron chi connectivity index (χ2n) is 7.58. The number of carbonyl (C=O) groups excluding carboxylic acids is 2. The van der Waals surface area contributed by atoms with Crippen LogP contribution in [0.5, 0.6) is 0 Å². The Morgan fingerprint density at radius 2 is 2.04 bits per heavy atom. The highest BCUT2D eigenvalue weighted by molar-refractivity contribution is 6.04. The largest absolute Gasteiger partial charge is 0.465 e. The van der Waals surface area contributed by atoms with Gasteiger partial charge in [-0.3, -0.25) is 14.5 Å². The molecule has 2 aliphatic rings. The Balaban J connectivity index is 1.51. The van der Waals surface area contributed by atoms with Crippen LogP contribution in [0.4, 0.5) is 0 Å². The fourth-order valence-electron chi connectivity index (χ4n) is 4.21. The lowest BCUT2D eigenvalue weighted by atomic mass is 9.94. The standard InChI is InChI=1S/C21H27N3O4/c1-13-6-7-18(28-13)16(24-8-10-27-11-9-24)12-22-21(26)20-14(2)19-15(23-20)4-3-5-17(19)25/h6-7,16,23H,3-5,8-12H2,1-2H3,(H,22,26). The quantitative estimate of drug-likeness (QED) is 0.826. The van der Waals surface area contributed by atoms with Crippen molar-refractivity contribution in [2.75, 3.05) is 32.8 Å². The molecular weight excluding hydrogens is 358 g/mol. The maximum absolute atomic E-state index is 12.9. The Morgan fingerprint density at radius 1 is 1.25 bits per heavy atom. The summed E-state index contributed by atoms with van der Waals surface area (Å²) in [5.74, 6) is 1.65. The van der Waals surface area contributed by atoms with Gasteiger partial charge in [-0.05, 0) is 44.4 Å². The van der Waals surface area contributed by atoms with Gasteiger partial charge in [0.15, 0.2) is 5.78 Å². The third kappa shape index (κ3) is 3.64. The molecule has 2 aromatic rings. The van der Waals surface area contributed by atoms with Crippen LogP contribution in [0.2, 0.25) is 0 Å². The Labute approximate surface area is 164 Å². The Bertz CT molecular complexity index is 876. The third-order valence-corrected chi connectivity index (χ3v) is 5.70. The predicted molar refractivity (Wildman–Crippen MR) is 104 cm³/mol. The van der Waals surface area contributed by atoms with Crippen LogP contribution in [-0.2, 0) is 11.2 Å². The summed E-state index contributed by atoms with van der Waals surface area (Å²) in [6.07, 6.45) is 2.21. The number of furan rings is 1. The van der Waals surface area contributed by atoms with Crippen LogP contribution >= 0.6 is 0 Å². The first-order chi connectivity index (χ1) is 13.5. The maximum Gasteiger partial charge on any atom is 0.268 e. The normalized spacial score (nSPS) is 18.7.